The van der Waals surface area contributed by atoms with Crippen LogP contribution >= 0.6 is 0 Å². The summed E-state index contributed by atoms with van der Waals surface area (Å²) in [6, 6.07) is 16.8. The number of hydrogen-bond donors (Lipinski definition) is 1. The van der Waals surface area contributed by atoms with Crippen molar-refractivity contribution in [1.82, 2.24) is 0 Å². The summed E-state index contributed by atoms with van der Waals surface area (Å²) in [5.41, 5.74) is 9.93. The van der Waals surface area contributed by atoms with Gasteiger partial charge in [0.25, 0.3) is 0 Å². The zero-order chi connectivity index (χ0) is 13.9. The van der Waals surface area contributed by atoms with E-state index in [1.807, 2.05) is 47.4 Å². The van der Waals surface area contributed by atoms with Gasteiger partial charge in [-0.3, -0.25) is 4.79 Å². The number of carbonyl (C=O) groups excluding carboxylic acids is 1. The molecule has 0 aromatic heterocycles. The molecule has 3 nitrogen and oxygen atoms in total. The molecule has 3 heteroatoms. The summed E-state index contributed by atoms with van der Waals surface area (Å²) < 4.78 is 0. The van der Waals surface area contributed by atoms with Crippen LogP contribution in [0.25, 0.3) is 0 Å². The Bertz CT molecular complexity index is 619. The number of nitrogens with two attached hydrogens (primary N) is 1. The topological polar surface area (TPSA) is 46.3 Å². The number of carbonyl (C=O) groups is 1. The lowest BCUT2D eigenvalue weighted by Crippen LogP contribution is -2.30. The fourth-order valence-electron chi connectivity index (χ4n) is 2.59. The van der Waals surface area contributed by atoms with E-state index in [9.17, 15) is 4.79 Å². The van der Waals surface area contributed by atoms with E-state index in [0.717, 1.165) is 29.8 Å². The van der Waals surface area contributed by atoms with Crippen molar-refractivity contribution in [2.24, 2.45) is 5.73 Å². The van der Waals surface area contributed by atoms with Crippen LogP contribution in [0.3, 0.4) is 0 Å². The monoisotopic (exact) mass is 265 g/mol. The Balaban J connectivity index is 1.74. The van der Waals surface area contributed by atoms with E-state index in [2.05, 4.69) is 6.07 Å². The van der Waals surface area contributed by atoms with E-state index in [1.54, 1.807) is 0 Å². The summed E-state index contributed by atoms with van der Waals surface area (Å²) in [5, 5.41) is 0. The molecule has 1 heterocycles. The van der Waals surface area contributed by atoms with Crippen LogP contribution in [0.1, 0.15) is 16.7 Å². The predicted octanol–water partition coefficient (Wildman–Crippen LogP) is 2.08. The Morgan fingerprint density at radius 3 is 2.70 bits per heavy atom. The first kappa shape index (κ1) is 12.9. The Morgan fingerprint density at radius 1 is 1.20 bits per heavy atom. The van der Waals surface area contributed by atoms with Gasteiger partial charge in [0.05, 0.1) is 6.42 Å². The van der Waals surface area contributed by atoms with Crippen molar-refractivity contribution in [2.75, 3.05) is 11.4 Å². The molecule has 101 valence electrons. The molecule has 2 aromatic rings. The van der Waals surface area contributed by atoms with Gasteiger partial charge in [-0.25, -0.2) is 0 Å². The highest BCUT2D eigenvalue weighted by molar-refractivity contribution is 5.96. The van der Waals surface area contributed by atoms with Crippen LogP contribution in [0.15, 0.2) is 42.5 Å². The SMILES string of the molecule is NCc1ccc(CC(=O)N2CCc3cc[c]cc32)cc1. The van der Waals surface area contributed by atoms with E-state index in [-0.39, 0.29) is 5.91 Å². The van der Waals surface area contributed by atoms with Crippen LogP contribution < -0.4 is 10.6 Å². The van der Waals surface area contributed by atoms with E-state index < -0.39 is 0 Å². The molecular formula is C17H17N2O. The van der Waals surface area contributed by atoms with Crippen molar-refractivity contribution < 1.29 is 4.79 Å². The van der Waals surface area contributed by atoms with Crippen LogP contribution in [0.5, 0.6) is 0 Å². The smallest absolute Gasteiger partial charge is 0.231 e. The van der Waals surface area contributed by atoms with Gasteiger partial charge in [0.15, 0.2) is 0 Å². The van der Waals surface area contributed by atoms with E-state index in [0.29, 0.717) is 13.0 Å². The molecule has 0 saturated heterocycles. The molecule has 1 aliphatic heterocycles. The molecule has 20 heavy (non-hydrogen) atoms. The van der Waals surface area contributed by atoms with Gasteiger partial charge >= 0.3 is 0 Å². The predicted molar refractivity (Wildman–Crippen MR) is 79.4 cm³/mol. The minimum Gasteiger partial charge on any atom is -0.326 e. The highest BCUT2D eigenvalue weighted by atomic mass is 16.2. The average molecular weight is 265 g/mol. The molecule has 0 spiro atoms. The van der Waals surface area contributed by atoms with E-state index in [1.165, 1.54) is 5.56 Å². The van der Waals surface area contributed by atoms with Gasteiger partial charge in [0, 0.05) is 18.8 Å². The minimum atomic E-state index is 0.142. The molecule has 0 saturated carbocycles. The van der Waals surface area contributed by atoms with Crippen LogP contribution in [0.4, 0.5) is 5.69 Å². The summed E-state index contributed by atoms with van der Waals surface area (Å²) in [4.78, 5) is 14.3. The van der Waals surface area contributed by atoms with Crippen molar-refractivity contribution in [1.29, 1.82) is 0 Å². The average Bonchev–Trinajstić information content (AvgIpc) is 2.92. The van der Waals surface area contributed by atoms with Gasteiger partial charge in [-0.15, -0.1) is 0 Å². The molecule has 0 unspecified atom stereocenters. The maximum absolute atomic E-state index is 12.4. The standard InChI is InChI=1S/C17H17N2O/c18-12-14-7-5-13(6-8-14)11-17(20)19-10-9-15-3-1-2-4-16(15)19/h1,3-8H,9-12,18H2. The van der Waals surface area contributed by atoms with E-state index in [4.69, 9.17) is 5.73 Å². The third kappa shape index (κ3) is 2.45. The van der Waals surface area contributed by atoms with Crippen molar-refractivity contribution in [3.8, 4) is 0 Å². The van der Waals surface area contributed by atoms with Crippen molar-refractivity contribution in [3.63, 3.8) is 0 Å². The van der Waals surface area contributed by atoms with Crippen LogP contribution in [-0.4, -0.2) is 12.5 Å². The van der Waals surface area contributed by atoms with Gasteiger partial charge in [-0.05, 0) is 35.2 Å². The number of hydrogen-bond acceptors (Lipinski definition) is 2. The number of nitrogens with zero attached hydrogens (tertiary/aromatic N) is 1. The number of amides is 1. The second-order valence-corrected chi connectivity index (χ2v) is 5.05. The normalized spacial score (nSPS) is 13.3. The quantitative estimate of drug-likeness (QED) is 0.923. The van der Waals surface area contributed by atoms with Gasteiger partial charge in [0.2, 0.25) is 5.91 Å². The molecular weight excluding hydrogens is 248 g/mol. The molecule has 2 aromatic carbocycles. The molecule has 2 N–H and O–H groups in total. The lowest BCUT2D eigenvalue weighted by molar-refractivity contribution is -0.117. The zero-order valence-corrected chi connectivity index (χ0v) is 11.3. The largest absolute Gasteiger partial charge is 0.326 e. The van der Waals surface area contributed by atoms with Gasteiger partial charge in [-0.2, -0.15) is 0 Å². The fourth-order valence-corrected chi connectivity index (χ4v) is 2.59. The van der Waals surface area contributed by atoms with Crippen LogP contribution in [0.2, 0.25) is 0 Å². The molecule has 0 bridgehead atoms. The third-order valence-corrected chi connectivity index (χ3v) is 3.74. The maximum atomic E-state index is 12.4. The van der Waals surface area contributed by atoms with Gasteiger partial charge in [-0.1, -0.05) is 36.4 Å². The summed E-state index contributed by atoms with van der Waals surface area (Å²) >= 11 is 0. The van der Waals surface area contributed by atoms with Crippen LogP contribution in [-0.2, 0) is 24.2 Å². The molecule has 0 aliphatic carbocycles. The highest BCUT2D eigenvalue weighted by Gasteiger charge is 2.23. The fraction of sp³-hybridized carbons (Fsp3) is 0.235. The Morgan fingerprint density at radius 2 is 1.95 bits per heavy atom. The number of rotatable bonds is 3. The number of anilines is 1. The zero-order valence-electron chi connectivity index (χ0n) is 11.3. The Kier molecular flexibility index (Phi) is 3.52. The first-order chi connectivity index (χ1) is 9.78. The molecule has 1 radical (unpaired) electrons. The second kappa shape index (κ2) is 5.47. The third-order valence-electron chi connectivity index (χ3n) is 3.74. The van der Waals surface area contributed by atoms with Crippen LogP contribution in [0, 0.1) is 6.07 Å². The summed E-state index contributed by atoms with van der Waals surface area (Å²) in [6.45, 7) is 1.30. The maximum Gasteiger partial charge on any atom is 0.231 e. The number of fused-ring (bicyclic) bond motifs is 1. The minimum absolute atomic E-state index is 0.142. The summed E-state index contributed by atoms with van der Waals surface area (Å²) in [6.07, 6.45) is 1.36. The lowest BCUT2D eigenvalue weighted by Gasteiger charge is -2.17. The van der Waals surface area contributed by atoms with Crippen molar-refractivity contribution in [3.05, 3.63) is 65.2 Å². The molecule has 3 rings (SSSR count). The van der Waals surface area contributed by atoms with Gasteiger partial charge in [0.1, 0.15) is 0 Å². The Labute approximate surface area is 119 Å². The molecule has 1 aliphatic rings. The Hall–Kier alpha value is -2.13. The highest BCUT2D eigenvalue weighted by Crippen LogP contribution is 2.27. The van der Waals surface area contributed by atoms with Crippen molar-refractivity contribution in [2.45, 2.75) is 19.4 Å². The van der Waals surface area contributed by atoms with Crippen molar-refractivity contribution >= 4 is 11.6 Å². The first-order valence-corrected chi connectivity index (χ1v) is 6.85. The molecule has 0 atom stereocenters. The molecule has 0 fully saturated rings. The summed E-state index contributed by atoms with van der Waals surface area (Å²) in [7, 11) is 0. The van der Waals surface area contributed by atoms with Gasteiger partial charge < -0.3 is 10.6 Å². The summed E-state index contributed by atoms with van der Waals surface area (Å²) in [5.74, 6) is 0.142. The lowest BCUT2D eigenvalue weighted by atomic mass is 10.1. The second-order valence-electron chi connectivity index (χ2n) is 5.05. The molecule has 1 amide bonds. The number of benzene rings is 2. The first-order valence-electron chi connectivity index (χ1n) is 6.85. The van der Waals surface area contributed by atoms with E-state index >= 15 is 0 Å².